The van der Waals surface area contributed by atoms with E-state index in [0.717, 1.165) is 23.8 Å². The maximum atomic E-state index is 11.9. The smallest absolute Gasteiger partial charge is 0.271 e. The topological polar surface area (TPSA) is 102 Å². The van der Waals surface area contributed by atoms with E-state index in [-0.39, 0.29) is 23.7 Å². The first kappa shape index (κ1) is 16.6. The number of ether oxygens (including phenoxy) is 1. The maximum absolute atomic E-state index is 11.9. The molecule has 120 valence electrons. The number of nitrogens with one attached hydrogen (secondary N) is 1. The molecule has 0 aliphatic heterocycles. The fourth-order valence-corrected chi connectivity index (χ4v) is 2.07. The van der Waals surface area contributed by atoms with Crippen molar-refractivity contribution in [1.82, 2.24) is 0 Å². The second-order valence-corrected chi connectivity index (χ2v) is 5.14. The van der Waals surface area contributed by atoms with Crippen LogP contribution in [-0.2, 0) is 4.79 Å². The Morgan fingerprint density at radius 2 is 2.09 bits per heavy atom. The number of carbonyl (C=O) groups excluding carboxylic acids is 1. The summed E-state index contributed by atoms with van der Waals surface area (Å²) in [7, 11) is 0. The minimum absolute atomic E-state index is 0.0550. The van der Waals surface area contributed by atoms with Crippen molar-refractivity contribution >= 4 is 28.9 Å². The molecule has 0 aliphatic rings. The lowest BCUT2D eigenvalue weighted by Crippen LogP contribution is -2.20. The van der Waals surface area contributed by atoms with Gasteiger partial charge in [-0.05, 0) is 36.8 Å². The van der Waals surface area contributed by atoms with Crippen molar-refractivity contribution in [3.63, 3.8) is 0 Å². The first-order valence-corrected chi connectivity index (χ1v) is 6.91. The molecule has 0 atom stereocenters. The third-order valence-electron chi connectivity index (χ3n) is 2.96. The number of amides is 1. The summed E-state index contributed by atoms with van der Waals surface area (Å²) >= 11 is 5.83. The van der Waals surface area contributed by atoms with Gasteiger partial charge in [0.2, 0.25) is 0 Å². The lowest BCUT2D eigenvalue weighted by Gasteiger charge is -2.10. The van der Waals surface area contributed by atoms with Gasteiger partial charge in [-0.3, -0.25) is 14.9 Å². The molecule has 23 heavy (non-hydrogen) atoms. The zero-order valence-electron chi connectivity index (χ0n) is 12.1. The average molecular weight is 337 g/mol. The molecule has 2 aromatic rings. The van der Waals surface area contributed by atoms with Crippen LogP contribution >= 0.6 is 11.6 Å². The number of phenols is 1. The standard InChI is InChI=1S/C15H13ClN2O5/c1-9-6-10(16)2-5-14(9)23-8-15(20)17-12-7-11(18(21)22)3-4-13(12)19/h2-7,19H,8H2,1H3,(H,17,20). The predicted octanol–water partition coefficient (Wildman–Crippen LogP) is 3.28. The number of phenolic OH excluding ortho intramolecular Hbond substituents is 1. The summed E-state index contributed by atoms with van der Waals surface area (Å²) < 4.78 is 5.36. The van der Waals surface area contributed by atoms with Gasteiger partial charge in [0.15, 0.2) is 6.61 Å². The van der Waals surface area contributed by atoms with Crippen molar-refractivity contribution < 1.29 is 19.6 Å². The number of non-ortho nitro benzene ring substituents is 1. The Bertz CT molecular complexity index is 764. The highest BCUT2D eigenvalue weighted by molar-refractivity contribution is 6.30. The third-order valence-corrected chi connectivity index (χ3v) is 3.20. The van der Waals surface area contributed by atoms with Crippen molar-refractivity contribution in [2.75, 3.05) is 11.9 Å². The number of anilines is 1. The molecular weight excluding hydrogens is 324 g/mol. The zero-order chi connectivity index (χ0) is 17.0. The molecule has 7 nitrogen and oxygen atoms in total. The number of benzene rings is 2. The van der Waals surface area contributed by atoms with Gasteiger partial charge in [-0.2, -0.15) is 0 Å². The minimum atomic E-state index is -0.622. The molecule has 0 bridgehead atoms. The van der Waals surface area contributed by atoms with Crippen LogP contribution in [0.15, 0.2) is 36.4 Å². The highest BCUT2D eigenvalue weighted by Gasteiger charge is 2.13. The van der Waals surface area contributed by atoms with Gasteiger partial charge < -0.3 is 15.2 Å². The molecule has 8 heteroatoms. The van der Waals surface area contributed by atoms with Crippen LogP contribution < -0.4 is 10.1 Å². The molecule has 2 rings (SSSR count). The first-order valence-electron chi connectivity index (χ1n) is 6.53. The van der Waals surface area contributed by atoms with E-state index in [9.17, 15) is 20.0 Å². The monoisotopic (exact) mass is 336 g/mol. The highest BCUT2D eigenvalue weighted by atomic mass is 35.5. The van der Waals surface area contributed by atoms with Crippen molar-refractivity contribution in [3.05, 3.63) is 57.1 Å². The molecule has 0 unspecified atom stereocenters. The van der Waals surface area contributed by atoms with Crippen molar-refractivity contribution in [2.45, 2.75) is 6.92 Å². The predicted molar refractivity (Wildman–Crippen MR) is 85.1 cm³/mol. The molecule has 0 saturated heterocycles. The second-order valence-electron chi connectivity index (χ2n) is 4.71. The number of aryl methyl sites for hydroxylation is 1. The number of nitro benzene ring substituents is 1. The number of hydrogen-bond donors (Lipinski definition) is 2. The SMILES string of the molecule is Cc1cc(Cl)ccc1OCC(=O)Nc1cc([N+](=O)[O-])ccc1O. The summed E-state index contributed by atoms with van der Waals surface area (Å²) in [6, 6.07) is 8.31. The zero-order valence-corrected chi connectivity index (χ0v) is 12.8. The quantitative estimate of drug-likeness (QED) is 0.495. The molecule has 0 heterocycles. The molecule has 0 fully saturated rings. The average Bonchev–Trinajstić information content (AvgIpc) is 2.48. The Kier molecular flexibility index (Phi) is 5.02. The van der Waals surface area contributed by atoms with Gasteiger partial charge in [0, 0.05) is 17.2 Å². The Morgan fingerprint density at radius 1 is 1.35 bits per heavy atom. The van der Waals surface area contributed by atoms with E-state index < -0.39 is 10.8 Å². The molecule has 2 aromatic carbocycles. The van der Waals surface area contributed by atoms with E-state index >= 15 is 0 Å². The van der Waals surface area contributed by atoms with E-state index in [0.29, 0.717) is 10.8 Å². The molecule has 0 aromatic heterocycles. The van der Waals surface area contributed by atoms with Crippen LogP contribution in [0.3, 0.4) is 0 Å². The van der Waals surface area contributed by atoms with Crippen LogP contribution in [0.25, 0.3) is 0 Å². The largest absolute Gasteiger partial charge is 0.506 e. The minimum Gasteiger partial charge on any atom is -0.506 e. The Hall–Kier alpha value is -2.80. The summed E-state index contributed by atoms with van der Waals surface area (Å²) in [4.78, 5) is 21.9. The summed E-state index contributed by atoms with van der Waals surface area (Å²) in [5, 5.41) is 23.3. The first-order chi connectivity index (χ1) is 10.9. The molecule has 1 amide bonds. The lowest BCUT2D eigenvalue weighted by molar-refractivity contribution is -0.384. The maximum Gasteiger partial charge on any atom is 0.271 e. The van der Waals surface area contributed by atoms with Crippen LogP contribution in [0, 0.1) is 17.0 Å². The van der Waals surface area contributed by atoms with Gasteiger partial charge in [0.25, 0.3) is 11.6 Å². The number of halogens is 1. The highest BCUT2D eigenvalue weighted by Crippen LogP contribution is 2.28. The molecule has 0 saturated carbocycles. The van der Waals surface area contributed by atoms with Crippen molar-refractivity contribution in [1.29, 1.82) is 0 Å². The third kappa shape index (κ3) is 4.33. The van der Waals surface area contributed by atoms with Crippen molar-refractivity contribution in [2.24, 2.45) is 0 Å². The number of hydrogen-bond acceptors (Lipinski definition) is 5. The fourth-order valence-electron chi connectivity index (χ4n) is 1.84. The summed E-state index contributed by atoms with van der Waals surface area (Å²) in [6.07, 6.45) is 0. The molecule has 0 spiro atoms. The molecule has 0 aliphatic carbocycles. The van der Waals surface area contributed by atoms with Gasteiger partial charge >= 0.3 is 0 Å². The Labute approximate surface area is 136 Å². The van der Waals surface area contributed by atoms with Gasteiger partial charge in [-0.1, -0.05) is 11.6 Å². The Balaban J connectivity index is 2.02. The lowest BCUT2D eigenvalue weighted by atomic mass is 10.2. The molecule has 2 N–H and O–H groups in total. The molecular formula is C15H13ClN2O5. The summed E-state index contributed by atoms with van der Waals surface area (Å²) in [5.41, 5.74) is 0.469. The number of carbonyl (C=O) groups is 1. The van der Waals surface area contributed by atoms with Crippen LogP contribution in [0.4, 0.5) is 11.4 Å². The van der Waals surface area contributed by atoms with Crippen LogP contribution in [-0.4, -0.2) is 22.5 Å². The van der Waals surface area contributed by atoms with E-state index in [2.05, 4.69) is 5.32 Å². The summed E-state index contributed by atoms with van der Waals surface area (Å²) in [5.74, 6) is -0.338. The van der Waals surface area contributed by atoms with E-state index in [1.165, 1.54) is 0 Å². The second kappa shape index (κ2) is 6.97. The van der Waals surface area contributed by atoms with Crippen LogP contribution in [0.1, 0.15) is 5.56 Å². The van der Waals surface area contributed by atoms with E-state index in [1.54, 1.807) is 25.1 Å². The number of nitro groups is 1. The van der Waals surface area contributed by atoms with Crippen LogP contribution in [0.2, 0.25) is 5.02 Å². The fraction of sp³-hybridized carbons (Fsp3) is 0.133. The number of aromatic hydroxyl groups is 1. The van der Waals surface area contributed by atoms with E-state index in [1.807, 2.05) is 0 Å². The van der Waals surface area contributed by atoms with Crippen LogP contribution in [0.5, 0.6) is 11.5 Å². The van der Waals surface area contributed by atoms with Crippen molar-refractivity contribution in [3.8, 4) is 11.5 Å². The van der Waals surface area contributed by atoms with E-state index in [4.69, 9.17) is 16.3 Å². The number of nitrogens with zero attached hydrogens (tertiary/aromatic N) is 1. The Morgan fingerprint density at radius 3 is 2.74 bits per heavy atom. The van der Waals surface area contributed by atoms with Gasteiger partial charge in [-0.15, -0.1) is 0 Å². The molecule has 0 radical (unpaired) electrons. The normalized spacial score (nSPS) is 10.2. The van der Waals surface area contributed by atoms with Gasteiger partial charge in [0.05, 0.1) is 10.6 Å². The number of rotatable bonds is 5. The van der Waals surface area contributed by atoms with Gasteiger partial charge in [-0.25, -0.2) is 0 Å². The van der Waals surface area contributed by atoms with Gasteiger partial charge in [0.1, 0.15) is 11.5 Å². The summed E-state index contributed by atoms with van der Waals surface area (Å²) in [6.45, 7) is 1.47.